The largest absolute Gasteiger partial charge is 0.318 e. The zero-order valence-electron chi connectivity index (χ0n) is 4.95. The van der Waals surface area contributed by atoms with Crippen LogP contribution in [-0.4, -0.2) is 9.55 Å². The Hall–Kier alpha value is -0.830. The minimum absolute atomic E-state index is 0.620. The fourth-order valence-electron chi connectivity index (χ4n) is 0.594. The van der Waals surface area contributed by atoms with Crippen LogP contribution in [0.15, 0.2) is 30.2 Å². The van der Waals surface area contributed by atoms with E-state index < -0.39 is 0 Å². The molecule has 1 aromatic heterocycles. The Morgan fingerprint density at radius 1 is 1.89 bits per heavy atom. The van der Waals surface area contributed by atoms with Crippen LogP contribution in [0.25, 0.3) is 0 Å². The van der Waals surface area contributed by atoms with Crippen LogP contribution in [0.2, 0.25) is 0 Å². The molecule has 1 radical (unpaired) electrons. The van der Waals surface area contributed by atoms with E-state index in [1.807, 2.05) is 10.8 Å². The standard InChI is InChI=1S/C6H7N2S/c1-2-4-8-5-3-7-6(8)9/h2-3,5H,1,4H2. The lowest BCUT2D eigenvalue weighted by atomic mass is 10.6. The van der Waals surface area contributed by atoms with Crippen molar-refractivity contribution in [1.82, 2.24) is 9.55 Å². The molecule has 0 N–H and O–H groups in total. The minimum atomic E-state index is 0.620. The van der Waals surface area contributed by atoms with Gasteiger partial charge >= 0.3 is 0 Å². The fourth-order valence-corrected chi connectivity index (χ4v) is 0.790. The third kappa shape index (κ3) is 1.29. The number of hydrogen-bond donors (Lipinski definition) is 0. The Labute approximate surface area is 59.6 Å². The van der Waals surface area contributed by atoms with E-state index in [1.54, 1.807) is 12.3 Å². The molecule has 1 rings (SSSR count). The summed E-state index contributed by atoms with van der Waals surface area (Å²) < 4.78 is 1.85. The predicted molar refractivity (Wildman–Crippen MR) is 38.3 cm³/mol. The predicted octanol–water partition coefficient (Wildman–Crippen LogP) is 1.63. The maximum Gasteiger partial charge on any atom is 0.199 e. The minimum Gasteiger partial charge on any atom is -0.318 e. The van der Waals surface area contributed by atoms with E-state index in [-0.39, 0.29) is 0 Å². The molecular formula is C6H7N2S. The number of allylic oxidation sites excluding steroid dienone is 1. The molecule has 9 heavy (non-hydrogen) atoms. The summed E-state index contributed by atoms with van der Waals surface area (Å²) in [5.41, 5.74) is 0. The summed E-state index contributed by atoms with van der Waals surface area (Å²) in [5.74, 6) is 0. The Morgan fingerprint density at radius 3 is 3.11 bits per heavy atom. The molecule has 0 aromatic carbocycles. The second kappa shape index (κ2) is 2.64. The fraction of sp³-hybridized carbons (Fsp3) is 0.167. The summed E-state index contributed by atoms with van der Waals surface area (Å²) in [6.45, 7) is 4.33. The zero-order valence-corrected chi connectivity index (χ0v) is 5.77. The number of nitrogens with zero attached hydrogens (tertiary/aromatic N) is 2. The highest BCUT2D eigenvalue weighted by Gasteiger charge is 1.92. The van der Waals surface area contributed by atoms with Gasteiger partial charge in [-0.15, -0.1) is 6.58 Å². The monoisotopic (exact) mass is 139 g/mol. The van der Waals surface area contributed by atoms with Gasteiger partial charge in [0.1, 0.15) is 0 Å². The Balaban J connectivity index is 2.80. The van der Waals surface area contributed by atoms with Gasteiger partial charge in [-0.2, -0.15) is 0 Å². The van der Waals surface area contributed by atoms with E-state index in [2.05, 4.69) is 11.6 Å². The van der Waals surface area contributed by atoms with Crippen molar-refractivity contribution in [2.24, 2.45) is 0 Å². The molecule has 0 aliphatic carbocycles. The Kier molecular flexibility index (Phi) is 1.85. The summed E-state index contributed by atoms with van der Waals surface area (Å²) in [7, 11) is 0. The third-order valence-corrected chi connectivity index (χ3v) is 1.34. The maximum atomic E-state index is 4.85. The molecule has 0 saturated heterocycles. The highest BCUT2D eigenvalue weighted by Crippen LogP contribution is 2.00. The van der Waals surface area contributed by atoms with E-state index >= 15 is 0 Å². The third-order valence-electron chi connectivity index (χ3n) is 1.00. The van der Waals surface area contributed by atoms with Crippen LogP contribution in [0.4, 0.5) is 0 Å². The summed E-state index contributed by atoms with van der Waals surface area (Å²) in [6, 6.07) is 0. The highest BCUT2D eigenvalue weighted by molar-refractivity contribution is 7.80. The number of imidazole rings is 1. The van der Waals surface area contributed by atoms with Gasteiger partial charge < -0.3 is 4.57 Å². The second-order valence-corrected chi connectivity index (χ2v) is 2.02. The lowest BCUT2D eigenvalue weighted by Crippen LogP contribution is -1.92. The van der Waals surface area contributed by atoms with Gasteiger partial charge in [0.15, 0.2) is 5.16 Å². The van der Waals surface area contributed by atoms with Gasteiger partial charge in [0.25, 0.3) is 0 Å². The molecule has 47 valence electrons. The second-order valence-electron chi connectivity index (χ2n) is 1.65. The molecule has 0 fully saturated rings. The quantitative estimate of drug-likeness (QED) is 0.569. The van der Waals surface area contributed by atoms with Crippen molar-refractivity contribution in [3.05, 3.63) is 25.0 Å². The summed E-state index contributed by atoms with van der Waals surface area (Å²) in [4.78, 5) is 3.87. The SMILES string of the molecule is C=CCn1ccnc1[S]. The lowest BCUT2D eigenvalue weighted by molar-refractivity contribution is 0.728. The van der Waals surface area contributed by atoms with E-state index in [9.17, 15) is 0 Å². The smallest absolute Gasteiger partial charge is 0.199 e. The summed E-state index contributed by atoms with van der Waals surface area (Å²) in [6.07, 6.45) is 5.31. The molecule has 0 bridgehead atoms. The number of aromatic nitrogens is 2. The molecule has 0 atom stereocenters. The van der Waals surface area contributed by atoms with Crippen molar-refractivity contribution in [2.45, 2.75) is 11.7 Å². The average molecular weight is 139 g/mol. The topological polar surface area (TPSA) is 17.8 Å². The highest BCUT2D eigenvalue weighted by atomic mass is 32.1. The van der Waals surface area contributed by atoms with Crippen molar-refractivity contribution in [1.29, 1.82) is 0 Å². The average Bonchev–Trinajstić information content (AvgIpc) is 2.18. The van der Waals surface area contributed by atoms with Gasteiger partial charge in [-0.3, -0.25) is 0 Å². The lowest BCUT2D eigenvalue weighted by Gasteiger charge is -1.94. The molecule has 0 aliphatic rings. The molecule has 0 saturated carbocycles. The molecule has 0 aliphatic heterocycles. The van der Waals surface area contributed by atoms with E-state index in [0.29, 0.717) is 5.16 Å². The van der Waals surface area contributed by atoms with Crippen molar-refractivity contribution in [3.63, 3.8) is 0 Å². The molecular weight excluding hydrogens is 132 g/mol. The van der Waals surface area contributed by atoms with E-state index in [1.165, 1.54) is 0 Å². The van der Waals surface area contributed by atoms with Crippen LogP contribution < -0.4 is 0 Å². The molecule has 2 nitrogen and oxygen atoms in total. The molecule has 3 heteroatoms. The van der Waals surface area contributed by atoms with Crippen molar-refractivity contribution in [3.8, 4) is 0 Å². The van der Waals surface area contributed by atoms with Gasteiger partial charge in [0, 0.05) is 18.9 Å². The summed E-state index contributed by atoms with van der Waals surface area (Å²) in [5, 5.41) is 0.620. The van der Waals surface area contributed by atoms with Crippen LogP contribution >= 0.6 is 12.6 Å². The van der Waals surface area contributed by atoms with Gasteiger partial charge in [-0.1, -0.05) is 6.08 Å². The Morgan fingerprint density at radius 2 is 2.67 bits per heavy atom. The maximum absolute atomic E-state index is 4.85. The molecule has 1 aromatic rings. The van der Waals surface area contributed by atoms with Crippen LogP contribution in [0, 0.1) is 0 Å². The molecule has 0 spiro atoms. The van der Waals surface area contributed by atoms with Crippen molar-refractivity contribution in [2.75, 3.05) is 0 Å². The van der Waals surface area contributed by atoms with Crippen LogP contribution in [0.5, 0.6) is 0 Å². The van der Waals surface area contributed by atoms with Gasteiger partial charge in [-0.25, -0.2) is 4.98 Å². The Bertz CT molecular complexity index is 205. The number of rotatable bonds is 2. The first-order valence-electron chi connectivity index (χ1n) is 2.63. The zero-order chi connectivity index (χ0) is 6.69. The van der Waals surface area contributed by atoms with Crippen LogP contribution in [0.3, 0.4) is 0 Å². The van der Waals surface area contributed by atoms with Crippen molar-refractivity contribution >= 4 is 12.6 Å². The molecule has 0 unspecified atom stereocenters. The van der Waals surface area contributed by atoms with Crippen LogP contribution in [-0.2, 0) is 6.54 Å². The first kappa shape index (κ1) is 6.29. The normalized spacial score (nSPS) is 9.33. The number of hydrogen-bond acceptors (Lipinski definition) is 1. The summed E-state index contributed by atoms with van der Waals surface area (Å²) >= 11 is 4.85. The first-order chi connectivity index (χ1) is 4.34. The van der Waals surface area contributed by atoms with Gasteiger partial charge in [-0.05, 0) is 12.6 Å². The van der Waals surface area contributed by atoms with E-state index in [0.717, 1.165) is 6.54 Å². The van der Waals surface area contributed by atoms with Gasteiger partial charge in [0.2, 0.25) is 0 Å². The molecule has 0 amide bonds. The molecule has 1 heterocycles. The van der Waals surface area contributed by atoms with Crippen molar-refractivity contribution < 1.29 is 0 Å². The van der Waals surface area contributed by atoms with Gasteiger partial charge in [0.05, 0.1) is 0 Å². The van der Waals surface area contributed by atoms with E-state index in [4.69, 9.17) is 12.6 Å². The van der Waals surface area contributed by atoms with Crippen LogP contribution in [0.1, 0.15) is 0 Å². The first-order valence-corrected chi connectivity index (χ1v) is 3.04.